The third-order valence-electron chi connectivity index (χ3n) is 9.80. The van der Waals surface area contributed by atoms with Crippen LogP contribution in [0.4, 0.5) is 0 Å². The van der Waals surface area contributed by atoms with Gasteiger partial charge in [0.25, 0.3) is 0 Å². The van der Waals surface area contributed by atoms with Crippen molar-refractivity contribution in [3.63, 3.8) is 0 Å². The molecule has 0 fully saturated rings. The second-order valence-electron chi connectivity index (χ2n) is 12.6. The predicted molar refractivity (Wildman–Crippen MR) is 199 cm³/mol. The first-order valence-corrected chi connectivity index (χ1v) is 16.4. The number of para-hydroxylation sites is 2. The summed E-state index contributed by atoms with van der Waals surface area (Å²) in [4.78, 5) is 10.8. The lowest BCUT2D eigenvalue weighted by molar-refractivity contribution is 0.652. The Morgan fingerprint density at radius 1 is 0.408 bits per heavy atom. The minimum absolute atomic E-state index is 0.500. The first-order valence-electron chi connectivity index (χ1n) is 16.4. The van der Waals surface area contributed by atoms with Crippen LogP contribution in [-0.4, -0.2) is 14.5 Å². The van der Waals surface area contributed by atoms with Gasteiger partial charge in [-0.05, 0) is 76.5 Å². The molecule has 7 aromatic carbocycles. The average Bonchev–Trinajstić information content (AvgIpc) is 3.82. The van der Waals surface area contributed by atoms with Gasteiger partial charge in [0.05, 0.1) is 11.0 Å². The Morgan fingerprint density at radius 3 is 2.04 bits per heavy atom. The Bertz CT molecular complexity index is 3110. The molecular weight excluding hydrogens is 603 g/mol. The molecule has 11 aromatic rings. The van der Waals surface area contributed by atoms with Crippen LogP contribution in [0.5, 0.6) is 0 Å². The fourth-order valence-corrected chi connectivity index (χ4v) is 7.48. The van der Waals surface area contributed by atoms with E-state index in [2.05, 4.69) is 126 Å². The Hall–Kier alpha value is -6.72. The zero-order chi connectivity index (χ0) is 32.1. The van der Waals surface area contributed by atoms with Crippen LogP contribution in [0.25, 0.3) is 105 Å². The van der Waals surface area contributed by atoms with Crippen LogP contribution in [0.1, 0.15) is 0 Å². The van der Waals surface area contributed by atoms with E-state index in [-0.39, 0.29) is 0 Å². The fraction of sp³-hybridized carbons (Fsp3) is 0. The van der Waals surface area contributed by atoms with Crippen LogP contribution in [0.3, 0.4) is 0 Å². The molecule has 0 saturated heterocycles. The highest BCUT2D eigenvalue weighted by Crippen LogP contribution is 2.40. The smallest absolute Gasteiger partial charge is 0.248 e. The van der Waals surface area contributed by atoms with Gasteiger partial charge in [0.1, 0.15) is 28.0 Å². The summed E-state index contributed by atoms with van der Waals surface area (Å²) in [6.45, 7) is 0. The molecule has 5 nitrogen and oxygen atoms in total. The maximum atomic E-state index is 6.55. The summed E-state index contributed by atoms with van der Waals surface area (Å²) in [5, 5.41) is 7.72. The van der Waals surface area contributed by atoms with Crippen molar-refractivity contribution in [2.24, 2.45) is 0 Å². The molecule has 0 atom stereocenters. The molecule has 0 unspecified atom stereocenters. The summed E-state index contributed by atoms with van der Waals surface area (Å²) in [5.41, 5.74) is 9.74. The van der Waals surface area contributed by atoms with E-state index < -0.39 is 0 Å². The number of aromatic nitrogens is 3. The quantitative estimate of drug-likeness (QED) is 0.196. The van der Waals surface area contributed by atoms with Crippen molar-refractivity contribution in [2.75, 3.05) is 0 Å². The highest BCUT2D eigenvalue weighted by molar-refractivity contribution is 6.14. The Kier molecular flexibility index (Phi) is 5.32. The lowest BCUT2D eigenvalue weighted by atomic mass is 10.0. The molecule has 228 valence electrons. The third-order valence-corrected chi connectivity index (χ3v) is 9.80. The first-order chi connectivity index (χ1) is 24.3. The molecule has 0 aliphatic carbocycles. The average molecular weight is 628 g/mol. The van der Waals surface area contributed by atoms with Crippen LogP contribution in [0, 0.1) is 0 Å². The second-order valence-corrected chi connectivity index (χ2v) is 12.6. The van der Waals surface area contributed by atoms with Crippen molar-refractivity contribution in [1.82, 2.24) is 14.5 Å². The highest BCUT2D eigenvalue weighted by atomic mass is 16.3. The van der Waals surface area contributed by atoms with Gasteiger partial charge in [-0.2, -0.15) is 4.98 Å². The van der Waals surface area contributed by atoms with Gasteiger partial charge in [-0.25, -0.2) is 4.98 Å². The number of rotatable bonds is 3. The van der Waals surface area contributed by atoms with Crippen LogP contribution < -0.4 is 0 Å². The maximum Gasteiger partial charge on any atom is 0.248 e. The van der Waals surface area contributed by atoms with Crippen LogP contribution >= 0.6 is 0 Å². The van der Waals surface area contributed by atoms with E-state index in [1.807, 2.05) is 30.3 Å². The van der Waals surface area contributed by atoms with Crippen LogP contribution in [0.2, 0.25) is 0 Å². The number of furan rings is 2. The topological polar surface area (TPSA) is 57.0 Å². The van der Waals surface area contributed by atoms with E-state index >= 15 is 0 Å². The van der Waals surface area contributed by atoms with Gasteiger partial charge in [0.2, 0.25) is 5.71 Å². The molecule has 0 aliphatic rings. The number of fused-ring (bicyclic) bond motifs is 10. The molecule has 4 aromatic heterocycles. The van der Waals surface area contributed by atoms with Gasteiger partial charge in [-0.15, -0.1) is 0 Å². The molecule has 0 spiro atoms. The normalized spacial score (nSPS) is 12.1. The fourth-order valence-electron chi connectivity index (χ4n) is 7.48. The monoisotopic (exact) mass is 627 g/mol. The lowest BCUT2D eigenvalue weighted by Crippen LogP contribution is -2.03. The highest BCUT2D eigenvalue weighted by Gasteiger charge is 2.23. The number of hydrogen-bond acceptors (Lipinski definition) is 4. The number of benzene rings is 7. The Balaban J connectivity index is 1.25. The second kappa shape index (κ2) is 9.89. The van der Waals surface area contributed by atoms with Gasteiger partial charge in [0, 0.05) is 32.5 Å². The minimum atomic E-state index is 0.500. The van der Waals surface area contributed by atoms with Crippen molar-refractivity contribution >= 4 is 76.7 Å². The summed E-state index contributed by atoms with van der Waals surface area (Å²) >= 11 is 0. The van der Waals surface area contributed by atoms with E-state index in [1.165, 1.54) is 5.39 Å². The van der Waals surface area contributed by atoms with Crippen molar-refractivity contribution in [3.05, 3.63) is 152 Å². The van der Waals surface area contributed by atoms with Crippen molar-refractivity contribution in [2.45, 2.75) is 0 Å². The summed E-state index contributed by atoms with van der Waals surface area (Å²) in [5.74, 6) is 0.712. The standard InChI is InChI=1S/C44H25N3O2/c1-2-10-26(11-3-1)29-18-20-33-40(25-29)49-44-42(33)45-41(30-19-21-39-35(23-30)32-15-7-9-17-38(32)48-39)43(46-44)47-36-16-8-6-14-31(36)34-22-27-12-4-5-13-28(27)24-37(34)47/h1-25H. The molecule has 0 amide bonds. The summed E-state index contributed by atoms with van der Waals surface area (Å²) in [6, 6.07) is 52.7. The summed E-state index contributed by atoms with van der Waals surface area (Å²) < 4.78 is 15.0. The zero-order valence-electron chi connectivity index (χ0n) is 26.1. The zero-order valence-corrected chi connectivity index (χ0v) is 26.1. The molecule has 0 aliphatic heterocycles. The summed E-state index contributed by atoms with van der Waals surface area (Å²) in [6.07, 6.45) is 0. The van der Waals surface area contributed by atoms with Crippen LogP contribution in [0.15, 0.2) is 160 Å². The molecule has 0 saturated carbocycles. The van der Waals surface area contributed by atoms with Gasteiger partial charge in [-0.3, -0.25) is 4.57 Å². The predicted octanol–water partition coefficient (Wildman–Crippen LogP) is 11.9. The molecular formula is C44H25N3O2. The molecule has 49 heavy (non-hydrogen) atoms. The van der Waals surface area contributed by atoms with Crippen LogP contribution in [-0.2, 0) is 0 Å². The van der Waals surface area contributed by atoms with Crippen molar-refractivity contribution in [3.8, 4) is 28.2 Å². The number of nitrogens with zero attached hydrogens (tertiary/aromatic N) is 3. The molecule has 11 rings (SSSR count). The molecule has 0 N–H and O–H groups in total. The van der Waals surface area contributed by atoms with Crippen molar-refractivity contribution in [1.29, 1.82) is 0 Å². The molecule has 0 bridgehead atoms. The lowest BCUT2D eigenvalue weighted by Gasteiger charge is -2.13. The van der Waals surface area contributed by atoms with Gasteiger partial charge in [-0.1, -0.05) is 97.1 Å². The number of hydrogen-bond donors (Lipinski definition) is 0. The van der Waals surface area contributed by atoms with Gasteiger partial charge >= 0.3 is 0 Å². The third kappa shape index (κ3) is 3.87. The first kappa shape index (κ1) is 26.4. The Labute approximate surface area is 279 Å². The van der Waals surface area contributed by atoms with Crippen molar-refractivity contribution < 1.29 is 8.83 Å². The van der Waals surface area contributed by atoms with E-state index in [1.54, 1.807) is 0 Å². The molecule has 5 heteroatoms. The largest absolute Gasteiger partial charge is 0.456 e. The van der Waals surface area contributed by atoms with Gasteiger partial charge in [0.15, 0.2) is 5.82 Å². The SMILES string of the molecule is c1ccc(-c2ccc3c(c2)oc2nc(-n4c5ccccc5c5cc6ccccc6cc54)c(-c4ccc5oc6ccccc6c5c4)nc23)cc1. The molecule has 4 heterocycles. The van der Waals surface area contributed by atoms with E-state index in [0.29, 0.717) is 11.5 Å². The minimum Gasteiger partial charge on any atom is -0.456 e. The Morgan fingerprint density at radius 2 is 1.14 bits per heavy atom. The van der Waals surface area contributed by atoms with E-state index in [9.17, 15) is 0 Å². The van der Waals surface area contributed by atoms with E-state index in [0.717, 1.165) is 88.0 Å². The summed E-state index contributed by atoms with van der Waals surface area (Å²) in [7, 11) is 0. The van der Waals surface area contributed by atoms with Gasteiger partial charge < -0.3 is 8.83 Å². The maximum absolute atomic E-state index is 6.55. The van der Waals surface area contributed by atoms with E-state index in [4.69, 9.17) is 18.8 Å². The molecule has 0 radical (unpaired) electrons.